The molecule has 19 heavy (non-hydrogen) atoms. The number of aryl methyl sites for hydroxylation is 2. The Kier molecular flexibility index (Phi) is 2.98. The molecule has 3 rings (SSSR count). The molecule has 2 aromatic rings. The maximum absolute atomic E-state index is 11.0. The van der Waals surface area contributed by atoms with Crippen molar-refractivity contribution < 1.29 is 9.90 Å². The van der Waals surface area contributed by atoms with Gasteiger partial charge in [0.2, 0.25) is 0 Å². The summed E-state index contributed by atoms with van der Waals surface area (Å²) in [6.45, 7) is 1.79. The monoisotopic (exact) mass is 274 g/mol. The largest absolute Gasteiger partial charge is 0.476 e. The summed E-state index contributed by atoms with van der Waals surface area (Å²) in [5.41, 5.74) is 2.82. The number of carboxylic acids is 1. The van der Waals surface area contributed by atoms with Crippen LogP contribution in [0.3, 0.4) is 0 Å². The number of rotatable bonds is 3. The minimum atomic E-state index is -0.964. The number of anilines is 1. The highest BCUT2D eigenvalue weighted by atomic mass is 32.1. The third-order valence-electron chi connectivity index (χ3n) is 3.43. The van der Waals surface area contributed by atoms with Crippen LogP contribution in [-0.4, -0.2) is 16.1 Å². The van der Waals surface area contributed by atoms with Gasteiger partial charge in [0.25, 0.3) is 0 Å². The van der Waals surface area contributed by atoms with Crippen molar-refractivity contribution in [3.8, 4) is 0 Å². The summed E-state index contributed by atoms with van der Waals surface area (Å²) >= 11 is 1.40. The fraction of sp³-hybridized carbons (Fsp3) is 0.286. The van der Waals surface area contributed by atoms with Crippen LogP contribution in [0.25, 0.3) is 0 Å². The van der Waals surface area contributed by atoms with Crippen LogP contribution in [0.2, 0.25) is 0 Å². The number of thiazole rings is 1. The summed E-state index contributed by atoms with van der Waals surface area (Å²) in [7, 11) is 0. The van der Waals surface area contributed by atoms with Gasteiger partial charge in [-0.3, -0.25) is 0 Å². The van der Waals surface area contributed by atoms with Crippen LogP contribution in [0.1, 0.15) is 39.0 Å². The SMILES string of the molecule is Cc1sc(NC2CCc3ccccc32)nc1C(=O)O. The Morgan fingerprint density at radius 3 is 3.00 bits per heavy atom. The van der Waals surface area contributed by atoms with Crippen LogP contribution in [0.15, 0.2) is 24.3 Å². The zero-order valence-electron chi connectivity index (χ0n) is 10.5. The predicted octanol–water partition coefficient (Wildman–Crippen LogP) is 3.25. The molecule has 4 nitrogen and oxygen atoms in total. The Hall–Kier alpha value is -1.88. The number of fused-ring (bicyclic) bond motifs is 1. The van der Waals surface area contributed by atoms with Crippen LogP contribution in [0.4, 0.5) is 5.13 Å². The minimum absolute atomic E-state index is 0.152. The number of nitrogens with one attached hydrogen (secondary N) is 1. The fourth-order valence-electron chi connectivity index (χ4n) is 2.51. The van der Waals surface area contributed by atoms with Crippen molar-refractivity contribution in [3.05, 3.63) is 46.0 Å². The number of benzene rings is 1. The molecule has 98 valence electrons. The first-order chi connectivity index (χ1) is 9.15. The van der Waals surface area contributed by atoms with Gasteiger partial charge in [0, 0.05) is 4.88 Å². The average molecular weight is 274 g/mol. The lowest BCUT2D eigenvalue weighted by Crippen LogP contribution is -2.07. The van der Waals surface area contributed by atoms with Gasteiger partial charge in [0.1, 0.15) is 0 Å². The molecule has 0 saturated heterocycles. The molecule has 1 aliphatic carbocycles. The summed E-state index contributed by atoms with van der Waals surface area (Å²) in [5.74, 6) is -0.964. The van der Waals surface area contributed by atoms with Crippen molar-refractivity contribution in [2.24, 2.45) is 0 Å². The predicted molar refractivity (Wildman–Crippen MR) is 74.9 cm³/mol. The van der Waals surface area contributed by atoms with E-state index in [0.717, 1.165) is 17.7 Å². The lowest BCUT2D eigenvalue weighted by atomic mass is 10.1. The molecule has 5 heteroatoms. The topological polar surface area (TPSA) is 62.2 Å². The highest BCUT2D eigenvalue weighted by molar-refractivity contribution is 7.15. The summed E-state index contributed by atoms with van der Waals surface area (Å²) < 4.78 is 0. The zero-order chi connectivity index (χ0) is 13.4. The molecule has 0 spiro atoms. The van der Waals surface area contributed by atoms with Crippen molar-refractivity contribution in [2.45, 2.75) is 25.8 Å². The Bertz CT molecular complexity index is 636. The Labute approximate surface area is 115 Å². The Morgan fingerprint density at radius 1 is 1.47 bits per heavy atom. The molecule has 1 aromatic heterocycles. The van der Waals surface area contributed by atoms with Gasteiger partial charge in [-0.15, -0.1) is 11.3 Å². The number of aromatic nitrogens is 1. The summed E-state index contributed by atoms with van der Waals surface area (Å²) in [4.78, 5) is 15.9. The van der Waals surface area contributed by atoms with E-state index in [1.165, 1.54) is 22.5 Å². The van der Waals surface area contributed by atoms with Crippen LogP contribution < -0.4 is 5.32 Å². The van der Waals surface area contributed by atoms with E-state index in [-0.39, 0.29) is 11.7 Å². The van der Waals surface area contributed by atoms with E-state index in [9.17, 15) is 4.79 Å². The van der Waals surface area contributed by atoms with Gasteiger partial charge >= 0.3 is 5.97 Å². The lowest BCUT2D eigenvalue weighted by molar-refractivity contribution is 0.0690. The minimum Gasteiger partial charge on any atom is -0.476 e. The zero-order valence-corrected chi connectivity index (χ0v) is 11.3. The van der Waals surface area contributed by atoms with Crippen LogP contribution in [-0.2, 0) is 6.42 Å². The third kappa shape index (κ3) is 2.21. The number of hydrogen-bond donors (Lipinski definition) is 2. The van der Waals surface area contributed by atoms with Crippen LogP contribution in [0.5, 0.6) is 0 Å². The first-order valence-electron chi connectivity index (χ1n) is 6.20. The van der Waals surface area contributed by atoms with Gasteiger partial charge in [0.15, 0.2) is 10.8 Å². The number of carboxylic acid groups (broad SMARTS) is 1. The highest BCUT2D eigenvalue weighted by Crippen LogP contribution is 2.35. The smallest absolute Gasteiger partial charge is 0.355 e. The number of nitrogens with zero attached hydrogens (tertiary/aromatic N) is 1. The molecule has 1 atom stereocenters. The average Bonchev–Trinajstić information content (AvgIpc) is 2.95. The fourth-order valence-corrected chi connectivity index (χ4v) is 3.37. The normalized spacial score (nSPS) is 17.2. The molecular weight excluding hydrogens is 260 g/mol. The van der Waals surface area contributed by atoms with E-state index in [2.05, 4.69) is 28.5 Å². The van der Waals surface area contributed by atoms with Gasteiger partial charge < -0.3 is 10.4 Å². The van der Waals surface area contributed by atoms with E-state index in [1.807, 2.05) is 6.07 Å². The Morgan fingerprint density at radius 2 is 2.26 bits per heavy atom. The van der Waals surface area contributed by atoms with Crippen molar-refractivity contribution in [3.63, 3.8) is 0 Å². The van der Waals surface area contributed by atoms with E-state index in [1.54, 1.807) is 6.92 Å². The number of carbonyl (C=O) groups is 1. The third-order valence-corrected chi connectivity index (χ3v) is 4.33. The second-order valence-corrected chi connectivity index (χ2v) is 5.87. The number of hydrogen-bond acceptors (Lipinski definition) is 4. The molecule has 0 aliphatic heterocycles. The quantitative estimate of drug-likeness (QED) is 0.902. The molecule has 1 heterocycles. The highest BCUT2D eigenvalue weighted by Gasteiger charge is 2.23. The van der Waals surface area contributed by atoms with Crippen molar-refractivity contribution in [2.75, 3.05) is 5.32 Å². The molecule has 1 aromatic carbocycles. The van der Waals surface area contributed by atoms with Gasteiger partial charge in [-0.25, -0.2) is 9.78 Å². The molecule has 0 amide bonds. The first kappa shape index (κ1) is 12.2. The van der Waals surface area contributed by atoms with Crippen LogP contribution >= 0.6 is 11.3 Å². The molecule has 2 N–H and O–H groups in total. The molecule has 0 radical (unpaired) electrons. The first-order valence-corrected chi connectivity index (χ1v) is 7.02. The van der Waals surface area contributed by atoms with Gasteiger partial charge in [-0.1, -0.05) is 24.3 Å². The van der Waals surface area contributed by atoms with Gasteiger partial charge in [0.05, 0.1) is 6.04 Å². The molecule has 0 saturated carbocycles. The van der Waals surface area contributed by atoms with Gasteiger partial charge in [-0.05, 0) is 30.9 Å². The van der Waals surface area contributed by atoms with Crippen LogP contribution in [0, 0.1) is 6.92 Å². The summed E-state index contributed by atoms with van der Waals surface area (Å²) in [6.07, 6.45) is 2.09. The Balaban J connectivity index is 1.84. The molecule has 0 fully saturated rings. The lowest BCUT2D eigenvalue weighted by Gasteiger charge is -2.12. The second kappa shape index (κ2) is 4.66. The standard InChI is InChI=1S/C14H14N2O2S/c1-8-12(13(17)18)16-14(19-8)15-11-7-6-9-4-2-3-5-10(9)11/h2-5,11H,6-7H2,1H3,(H,15,16)(H,17,18). The maximum Gasteiger partial charge on any atom is 0.355 e. The molecule has 1 aliphatic rings. The summed E-state index contributed by atoms with van der Waals surface area (Å²) in [6, 6.07) is 8.60. The van der Waals surface area contributed by atoms with Gasteiger partial charge in [-0.2, -0.15) is 0 Å². The maximum atomic E-state index is 11.0. The summed E-state index contributed by atoms with van der Waals surface area (Å²) in [5, 5.41) is 13.1. The second-order valence-electron chi connectivity index (χ2n) is 4.66. The number of aromatic carboxylic acids is 1. The van der Waals surface area contributed by atoms with Crippen molar-refractivity contribution in [1.82, 2.24) is 4.98 Å². The molecule has 1 unspecified atom stereocenters. The molecular formula is C14H14N2O2S. The van der Waals surface area contributed by atoms with E-state index < -0.39 is 5.97 Å². The van der Waals surface area contributed by atoms with Crippen molar-refractivity contribution >= 4 is 22.4 Å². The van der Waals surface area contributed by atoms with E-state index >= 15 is 0 Å². The van der Waals surface area contributed by atoms with Crippen molar-refractivity contribution in [1.29, 1.82) is 0 Å². The van der Waals surface area contributed by atoms with E-state index in [0.29, 0.717) is 5.13 Å². The molecule has 0 bridgehead atoms. The van der Waals surface area contributed by atoms with E-state index in [4.69, 9.17) is 5.11 Å².